The molecule has 1 aromatic rings. The van der Waals surface area contributed by atoms with Crippen molar-refractivity contribution < 1.29 is 17.9 Å². The van der Waals surface area contributed by atoms with E-state index in [2.05, 4.69) is 12.2 Å². The summed E-state index contributed by atoms with van der Waals surface area (Å²) in [6.07, 6.45) is 1.11. The summed E-state index contributed by atoms with van der Waals surface area (Å²) in [6, 6.07) is 4.03. The third-order valence-corrected chi connectivity index (χ3v) is 4.93. The predicted octanol–water partition coefficient (Wildman–Crippen LogP) is 2.40. The molecule has 0 spiro atoms. The zero-order valence-electron chi connectivity index (χ0n) is 11.9. The van der Waals surface area contributed by atoms with Gasteiger partial charge in [-0.3, -0.25) is 4.79 Å². The molecule has 1 aromatic carbocycles. The number of nitrogens with one attached hydrogen (secondary N) is 1. The van der Waals surface area contributed by atoms with Gasteiger partial charge in [-0.15, -0.1) is 0 Å². The van der Waals surface area contributed by atoms with Crippen molar-refractivity contribution >= 4 is 25.6 Å². The van der Waals surface area contributed by atoms with E-state index in [1.807, 2.05) is 0 Å². The van der Waals surface area contributed by atoms with Crippen molar-refractivity contribution in [1.29, 1.82) is 0 Å². The highest BCUT2D eigenvalue weighted by atomic mass is 35.7. The third kappa shape index (κ3) is 4.11. The highest BCUT2D eigenvalue weighted by molar-refractivity contribution is 8.13. The van der Waals surface area contributed by atoms with Gasteiger partial charge in [0.15, 0.2) is 0 Å². The van der Waals surface area contributed by atoms with E-state index in [0.29, 0.717) is 30.7 Å². The first kappa shape index (κ1) is 16.1. The van der Waals surface area contributed by atoms with Crippen molar-refractivity contribution in [3.63, 3.8) is 0 Å². The Bertz CT molecular complexity index is 644. The van der Waals surface area contributed by atoms with Crippen molar-refractivity contribution in [2.45, 2.75) is 25.2 Å². The first-order valence-corrected chi connectivity index (χ1v) is 9.13. The molecule has 0 heterocycles. The molecule has 0 saturated heterocycles. The average Bonchev–Trinajstić information content (AvgIpc) is 3.11. The molecule has 0 aromatic heterocycles. The second-order valence-electron chi connectivity index (χ2n) is 5.21. The minimum Gasteiger partial charge on any atom is -0.493 e. The van der Waals surface area contributed by atoms with Crippen LogP contribution in [0.2, 0.25) is 0 Å². The fourth-order valence-corrected chi connectivity index (χ4v) is 2.90. The molecule has 0 aliphatic heterocycles. The number of carbonyl (C=O) groups excluding carboxylic acids is 1. The molecule has 1 aliphatic carbocycles. The molecule has 2 rings (SSSR count). The van der Waals surface area contributed by atoms with Gasteiger partial charge >= 0.3 is 0 Å². The highest BCUT2D eigenvalue weighted by Gasteiger charge is 2.32. The van der Waals surface area contributed by atoms with Gasteiger partial charge in [-0.05, 0) is 43.4 Å². The minimum absolute atomic E-state index is 0.113. The second-order valence-corrected chi connectivity index (χ2v) is 7.78. The topological polar surface area (TPSA) is 72.5 Å². The summed E-state index contributed by atoms with van der Waals surface area (Å²) in [6.45, 7) is 4.89. The molecule has 1 aliphatic rings. The fraction of sp³-hybridized carbons (Fsp3) is 0.500. The van der Waals surface area contributed by atoms with Gasteiger partial charge in [0.2, 0.25) is 0 Å². The molecule has 1 amide bonds. The van der Waals surface area contributed by atoms with Crippen LogP contribution in [0.15, 0.2) is 23.1 Å². The Morgan fingerprint density at radius 3 is 2.67 bits per heavy atom. The van der Waals surface area contributed by atoms with Gasteiger partial charge in [-0.2, -0.15) is 0 Å². The zero-order chi connectivity index (χ0) is 15.6. The summed E-state index contributed by atoms with van der Waals surface area (Å²) in [5.74, 6) is 1.14. The van der Waals surface area contributed by atoms with Gasteiger partial charge in [-0.1, -0.05) is 6.92 Å². The molecule has 1 fully saturated rings. The Kier molecular flexibility index (Phi) is 4.78. The molecular formula is C14H18ClNO4S. The van der Waals surface area contributed by atoms with Crippen LogP contribution >= 0.6 is 10.7 Å². The van der Waals surface area contributed by atoms with E-state index in [0.717, 1.165) is 6.42 Å². The second kappa shape index (κ2) is 6.23. The number of ether oxygens (including phenoxy) is 1. The van der Waals surface area contributed by atoms with Gasteiger partial charge in [0.05, 0.1) is 17.1 Å². The molecule has 0 bridgehead atoms. The molecule has 2 unspecified atom stereocenters. The Morgan fingerprint density at radius 2 is 2.14 bits per heavy atom. The Hall–Kier alpha value is -1.27. The Morgan fingerprint density at radius 1 is 1.48 bits per heavy atom. The van der Waals surface area contributed by atoms with Gasteiger partial charge in [0.1, 0.15) is 5.75 Å². The van der Waals surface area contributed by atoms with E-state index in [4.69, 9.17) is 15.4 Å². The van der Waals surface area contributed by atoms with Crippen LogP contribution in [0.25, 0.3) is 0 Å². The van der Waals surface area contributed by atoms with E-state index in [1.165, 1.54) is 18.2 Å². The van der Waals surface area contributed by atoms with Crippen LogP contribution < -0.4 is 10.1 Å². The molecule has 1 N–H and O–H groups in total. The molecule has 116 valence electrons. The smallest absolute Gasteiger partial charge is 0.261 e. The number of amides is 1. The number of halogens is 1. The van der Waals surface area contributed by atoms with Gasteiger partial charge in [0, 0.05) is 17.2 Å². The van der Waals surface area contributed by atoms with Gasteiger partial charge in [0.25, 0.3) is 15.0 Å². The van der Waals surface area contributed by atoms with Crippen molar-refractivity contribution in [1.82, 2.24) is 5.32 Å². The van der Waals surface area contributed by atoms with E-state index in [1.54, 1.807) is 6.92 Å². The van der Waals surface area contributed by atoms with Crippen LogP contribution in [0, 0.1) is 11.8 Å². The highest BCUT2D eigenvalue weighted by Crippen LogP contribution is 2.36. The number of hydrogen-bond acceptors (Lipinski definition) is 4. The van der Waals surface area contributed by atoms with E-state index in [-0.39, 0.29) is 16.4 Å². The summed E-state index contributed by atoms with van der Waals surface area (Å²) >= 11 is 0. The van der Waals surface area contributed by atoms with Crippen LogP contribution in [0.3, 0.4) is 0 Å². The summed E-state index contributed by atoms with van der Waals surface area (Å²) in [5, 5.41) is 2.81. The van der Waals surface area contributed by atoms with Crippen molar-refractivity contribution in [3.8, 4) is 5.75 Å². The molecule has 5 nitrogen and oxygen atoms in total. The lowest BCUT2D eigenvalue weighted by Crippen LogP contribution is -2.26. The fourth-order valence-electron chi connectivity index (χ4n) is 2.12. The van der Waals surface area contributed by atoms with Crippen molar-refractivity contribution in [3.05, 3.63) is 23.8 Å². The lowest BCUT2D eigenvalue weighted by molar-refractivity contribution is 0.0947. The van der Waals surface area contributed by atoms with Crippen molar-refractivity contribution in [2.24, 2.45) is 11.8 Å². The average molecular weight is 332 g/mol. The maximum Gasteiger partial charge on any atom is 0.261 e. The largest absolute Gasteiger partial charge is 0.493 e. The number of carbonyl (C=O) groups is 1. The monoisotopic (exact) mass is 331 g/mol. The summed E-state index contributed by atoms with van der Waals surface area (Å²) in [7, 11) is 1.44. The quantitative estimate of drug-likeness (QED) is 0.812. The number of benzene rings is 1. The first-order valence-electron chi connectivity index (χ1n) is 6.82. The molecule has 0 radical (unpaired) electrons. The molecule has 7 heteroatoms. The summed E-state index contributed by atoms with van der Waals surface area (Å²) in [4.78, 5) is 12.1. The van der Waals surface area contributed by atoms with Crippen LogP contribution in [-0.4, -0.2) is 27.5 Å². The number of hydrogen-bond donors (Lipinski definition) is 1. The van der Waals surface area contributed by atoms with Crippen LogP contribution in [0.4, 0.5) is 0 Å². The Labute approximate surface area is 129 Å². The van der Waals surface area contributed by atoms with Crippen LogP contribution in [-0.2, 0) is 9.05 Å². The minimum atomic E-state index is -3.88. The van der Waals surface area contributed by atoms with Gasteiger partial charge in [-0.25, -0.2) is 8.42 Å². The standard InChI is InChI=1S/C14H18ClNO4S/c1-3-20-13-5-4-11(21(15,18)19)7-12(13)14(17)16-8-10-6-9(10)2/h4-5,7,9-10H,3,6,8H2,1-2H3,(H,16,17). The van der Waals surface area contributed by atoms with Crippen molar-refractivity contribution in [2.75, 3.05) is 13.2 Å². The van der Waals surface area contributed by atoms with Gasteiger partial charge < -0.3 is 10.1 Å². The van der Waals surface area contributed by atoms with E-state index < -0.39 is 9.05 Å². The SMILES string of the molecule is CCOc1ccc(S(=O)(=O)Cl)cc1C(=O)NCC1CC1C. The molecule has 21 heavy (non-hydrogen) atoms. The van der Waals surface area contributed by atoms with Crippen LogP contribution in [0.5, 0.6) is 5.75 Å². The number of rotatable bonds is 6. The first-order chi connectivity index (χ1) is 9.82. The normalized spacial score (nSPS) is 20.9. The van der Waals surface area contributed by atoms with Crippen LogP contribution in [0.1, 0.15) is 30.6 Å². The lowest BCUT2D eigenvalue weighted by Gasteiger charge is -2.11. The predicted molar refractivity (Wildman–Crippen MR) is 80.3 cm³/mol. The Balaban J connectivity index is 2.22. The maximum atomic E-state index is 12.2. The lowest BCUT2D eigenvalue weighted by atomic mass is 10.2. The van der Waals surface area contributed by atoms with E-state index >= 15 is 0 Å². The van der Waals surface area contributed by atoms with E-state index in [9.17, 15) is 13.2 Å². The summed E-state index contributed by atoms with van der Waals surface area (Å²) < 4.78 is 28.1. The summed E-state index contributed by atoms with van der Waals surface area (Å²) in [5.41, 5.74) is 0.187. The third-order valence-electron chi connectivity index (χ3n) is 3.58. The molecule has 2 atom stereocenters. The maximum absolute atomic E-state index is 12.2. The zero-order valence-corrected chi connectivity index (χ0v) is 13.5. The molecular weight excluding hydrogens is 314 g/mol. The molecule has 1 saturated carbocycles.